The second kappa shape index (κ2) is 35.0. The van der Waals surface area contributed by atoms with Crippen molar-refractivity contribution in [2.24, 2.45) is 7.05 Å². The van der Waals surface area contributed by atoms with Crippen LogP contribution in [0.5, 0.6) is 0 Å². The molecule has 1 atom stereocenters. The van der Waals surface area contributed by atoms with Crippen LogP contribution < -0.4 is 0 Å². The van der Waals surface area contributed by atoms with Crippen molar-refractivity contribution in [3.63, 3.8) is 0 Å². The summed E-state index contributed by atoms with van der Waals surface area (Å²) < 4.78 is 12.5. The minimum absolute atomic E-state index is 0.000540. The Morgan fingerprint density at radius 3 is 1.39 bits per heavy atom. The third-order valence-electron chi connectivity index (χ3n) is 21.1. The lowest BCUT2D eigenvalue weighted by molar-refractivity contribution is 0.0517. The van der Waals surface area contributed by atoms with Gasteiger partial charge in [0.2, 0.25) is 0 Å². The normalized spacial score (nSPS) is 12.5. The maximum absolute atomic E-state index is 12.2. The third-order valence-corrected chi connectivity index (χ3v) is 21.1. The molecule has 0 amide bonds. The Kier molecular flexibility index (Phi) is 27.4. The Bertz CT molecular complexity index is 5580. The molecule has 12 nitrogen and oxygen atoms in total. The van der Waals surface area contributed by atoms with Crippen LogP contribution in [0.25, 0.3) is 76.3 Å². The van der Waals surface area contributed by atoms with E-state index in [2.05, 4.69) is 362 Å². The summed E-state index contributed by atoms with van der Waals surface area (Å²) in [6.07, 6.45) is 9.16. The molecule has 0 bridgehead atoms. The van der Waals surface area contributed by atoms with Crippen molar-refractivity contribution >= 4 is 88.3 Å². The number of nitriles is 1. The van der Waals surface area contributed by atoms with Crippen molar-refractivity contribution in [1.29, 1.82) is 5.26 Å². The molecule has 7 aromatic carbocycles. The van der Waals surface area contributed by atoms with E-state index in [9.17, 15) is 9.59 Å². The number of ether oxygens (including phenoxy) is 2. The number of aryl methyl sites for hydroxylation is 2. The maximum atomic E-state index is 12.2. The molecule has 1 unspecified atom stereocenters. The van der Waals surface area contributed by atoms with Gasteiger partial charge in [0, 0.05) is 103 Å². The number of rotatable bonds is 6. The molecule has 0 saturated heterocycles. The number of nitrogens with zero attached hydrogens (tertiary/aromatic N) is 2. The van der Waals surface area contributed by atoms with Gasteiger partial charge in [0.15, 0.2) is 0 Å². The predicted molar refractivity (Wildman–Crippen MR) is 482 cm³/mol. The molecule has 0 fully saturated rings. The van der Waals surface area contributed by atoms with Crippen LogP contribution >= 0.6 is 0 Å². The van der Waals surface area contributed by atoms with Crippen molar-refractivity contribution < 1.29 is 19.1 Å². The van der Waals surface area contributed by atoms with Crippen LogP contribution in [0.15, 0.2) is 176 Å². The zero-order valence-corrected chi connectivity index (χ0v) is 74.0. The van der Waals surface area contributed by atoms with E-state index in [0.29, 0.717) is 36.0 Å². The number of carbonyl (C=O) groups excluding carboxylic acids is 2. The van der Waals surface area contributed by atoms with Gasteiger partial charge in [0.25, 0.3) is 0 Å². The highest BCUT2D eigenvalue weighted by Gasteiger charge is 2.27. The Hall–Kier alpha value is -10.3. The van der Waals surface area contributed by atoms with E-state index in [4.69, 9.17) is 14.7 Å². The highest BCUT2D eigenvalue weighted by atomic mass is 16.5. The van der Waals surface area contributed by atoms with Gasteiger partial charge in [-0.3, -0.25) is 0 Å². The lowest BCUT2D eigenvalue weighted by Crippen LogP contribution is -2.18. The monoisotopic (exact) mass is 1520 g/mol. The lowest BCUT2D eigenvalue weighted by Gasteiger charge is -2.22. The number of hydrogen-bond donors (Lipinski definition) is 6. The van der Waals surface area contributed by atoms with Gasteiger partial charge in [-0.2, -0.15) is 5.26 Å². The molecule has 113 heavy (non-hydrogen) atoms. The Morgan fingerprint density at radius 1 is 0.425 bits per heavy atom. The average Bonchev–Trinajstić information content (AvgIpc) is 1.78. The number of carbonyl (C=O) groups is 2. The maximum Gasteiger partial charge on any atom is 0.340 e. The summed E-state index contributed by atoms with van der Waals surface area (Å²) in [5.74, 6) is 0.118. The first-order valence-corrected chi connectivity index (χ1v) is 40.5. The number of aromatic nitrogens is 7. The summed E-state index contributed by atoms with van der Waals surface area (Å²) in [6, 6.07) is 55.8. The van der Waals surface area contributed by atoms with Crippen LogP contribution in [0.4, 0.5) is 0 Å². The third kappa shape index (κ3) is 22.6. The molecule has 0 aliphatic heterocycles. The Morgan fingerprint density at radius 2 is 0.876 bits per heavy atom. The van der Waals surface area contributed by atoms with E-state index in [0.717, 1.165) is 43.8 Å². The SMILES string of the molecule is CC(C)(C)c1ccc2cc(C#N)[nH]c2c1.CC(C)(C)c1ccc2cc(C(C)(C)C)[nH]c2c1.CCC(C)c1c[nH]c2cc(C(C)(C)C)ccc12.CCOC(=O)c1c(C(C)(C)C)ccc2cc[nH]c12.CCOC(=O)c1cc(C(C)(C)C)cc2[nH]ccc12.Cc1cc2ccc(C(C)(C)C)cc2[nH]1.Cn1ccc2ccc(C(C)(C)C)cc21. The molecule has 14 aromatic rings. The zero-order chi connectivity index (χ0) is 83.9. The van der Waals surface area contributed by atoms with Gasteiger partial charge in [0.1, 0.15) is 11.8 Å². The average molecular weight is 1520 g/mol. The smallest absolute Gasteiger partial charge is 0.340 e. The lowest BCUT2D eigenvalue weighted by atomic mass is 9.83. The van der Waals surface area contributed by atoms with E-state index >= 15 is 0 Å². The second-order valence-corrected chi connectivity index (χ2v) is 38.7. The molecular formula is C101H132N8O4. The summed E-state index contributed by atoms with van der Waals surface area (Å²) in [7, 11) is 2.09. The van der Waals surface area contributed by atoms with E-state index < -0.39 is 0 Å². The summed E-state index contributed by atoms with van der Waals surface area (Å²) in [4.78, 5) is 43.9. The van der Waals surface area contributed by atoms with E-state index in [-0.39, 0.29) is 55.3 Å². The first-order chi connectivity index (χ1) is 52.4. The summed E-state index contributed by atoms with van der Waals surface area (Å²) in [6.45, 7) is 64.0. The molecule has 600 valence electrons. The topological polar surface area (TPSA) is 176 Å². The number of fused-ring (bicyclic) bond motifs is 7. The molecule has 7 aromatic heterocycles. The number of esters is 2. The molecule has 12 heteroatoms. The quantitative estimate of drug-likeness (QED) is 0.0907. The zero-order valence-electron chi connectivity index (χ0n) is 74.0. The summed E-state index contributed by atoms with van der Waals surface area (Å²) >= 11 is 0. The highest BCUT2D eigenvalue weighted by Crippen LogP contribution is 2.37. The number of H-pyrrole nitrogens is 6. The van der Waals surface area contributed by atoms with Crippen molar-refractivity contribution in [2.75, 3.05) is 13.2 Å². The van der Waals surface area contributed by atoms with Gasteiger partial charge in [-0.05, 0) is 211 Å². The molecule has 14 rings (SSSR count). The van der Waals surface area contributed by atoms with Gasteiger partial charge >= 0.3 is 11.9 Å². The van der Waals surface area contributed by atoms with Crippen molar-refractivity contribution in [1.82, 2.24) is 34.5 Å². The van der Waals surface area contributed by atoms with Crippen molar-refractivity contribution in [2.45, 2.75) is 256 Å². The molecule has 0 spiro atoms. The molecule has 0 aliphatic carbocycles. The Balaban J connectivity index is 0.000000166. The molecule has 0 radical (unpaired) electrons. The number of nitrogens with one attached hydrogen (secondary N) is 6. The van der Waals surface area contributed by atoms with Crippen LogP contribution in [0.1, 0.15) is 289 Å². The van der Waals surface area contributed by atoms with Crippen LogP contribution in [0.3, 0.4) is 0 Å². The van der Waals surface area contributed by atoms with Crippen LogP contribution in [-0.4, -0.2) is 59.6 Å². The van der Waals surface area contributed by atoms with Gasteiger partial charge < -0.3 is 43.9 Å². The summed E-state index contributed by atoms with van der Waals surface area (Å²) in [5.41, 5.74) is 24.0. The fourth-order valence-electron chi connectivity index (χ4n) is 13.5. The molecule has 7 heterocycles. The number of aromatic amines is 6. The molecule has 0 aliphatic rings. The van der Waals surface area contributed by atoms with Crippen molar-refractivity contribution in [3.05, 3.63) is 249 Å². The van der Waals surface area contributed by atoms with Crippen LogP contribution in [-0.2, 0) is 59.8 Å². The fourth-order valence-corrected chi connectivity index (χ4v) is 13.5. The van der Waals surface area contributed by atoms with Crippen molar-refractivity contribution in [3.8, 4) is 6.07 Å². The van der Waals surface area contributed by atoms with E-state index in [1.54, 1.807) is 0 Å². The number of benzene rings is 7. The molecule has 6 N–H and O–H groups in total. The highest BCUT2D eigenvalue weighted by molar-refractivity contribution is 6.05. The van der Waals surface area contributed by atoms with Gasteiger partial charge in [-0.25, -0.2) is 9.59 Å². The minimum atomic E-state index is -0.256. The summed E-state index contributed by atoms with van der Waals surface area (Å²) in [5, 5.41) is 17.1. The van der Waals surface area contributed by atoms with E-state index in [1.165, 1.54) is 94.8 Å². The largest absolute Gasteiger partial charge is 0.462 e. The van der Waals surface area contributed by atoms with E-state index in [1.807, 2.05) is 62.6 Å². The first kappa shape index (κ1) is 88.3. The molecular weight excluding hydrogens is 1390 g/mol. The predicted octanol–water partition coefficient (Wildman–Crippen LogP) is 27.6. The fraction of sp³-hybridized carbons (Fsp3) is 0.416. The van der Waals surface area contributed by atoms with Gasteiger partial charge in [-0.1, -0.05) is 253 Å². The second-order valence-electron chi connectivity index (χ2n) is 38.7. The molecule has 0 saturated carbocycles. The standard InChI is InChI=1S/2C16H23N.2C15H19NO2.C13H14N2.2C13H17N/c1-15(2,3)12-8-7-11-9-14(16(4,5)6)17-13(11)10-12;1-6-11(2)14-10-17-15-9-12(16(3,4)5)7-8-13(14)15;1-5-18-14(17)12-8-10(15(2,3)4)9-13-11(12)6-7-16-13;1-5-18-14(17)12-11(15(2,3)4)7-6-10-8-9-16-13(10)12;1-13(2,3)10-5-4-9-6-11(8-14)15-12(9)7-10;1-9-7-10-5-6-11(13(2,3)4)8-12(10)14-9;1-13(2,3)11-6-5-10-7-8-14(4)12(10)9-11/h7-10,17H,1-6H3;7-11,17H,6H2,1-5H3;2*6-9,16H,5H2,1-4H3;4-7,15H,1-3H3;5-8,14H,1-4H3;5-9H,1-4H3. The minimum Gasteiger partial charge on any atom is -0.462 e. The van der Waals surface area contributed by atoms with Gasteiger partial charge in [0.05, 0.1) is 29.9 Å². The van der Waals surface area contributed by atoms with Crippen LogP contribution in [0.2, 0.25) is 0 Å². The Labute approximate surface area is 675 Å². The number of hydrogen-bond acceptors (Lipinski definition) is 5. The first-order valence-electron chi connectivity index (χ1n) is 40.5. The van der Waals surface area contributed by atoms with Crippen LogP contribution in [0, 0.1) is 18.3 Å². The van der Waals surface area contributed by atoms with Gasteiger partial charge in [-0.15, -0.1) is 0 Å².